The molecule has 2 rings (SSSR count). The van der Waals surface area contributed by atoms with E-state index in [1.165, 1.54) is 0 Å². The first-order valence-electron chi connectivity index (χ1n) is 3.91. The molecule has 0 amide bonds. The lowest BCUT2D eigenvalue weighted by Crippen LogP contribution is -1.75. The highest BCUT2D eigenvalue weighted by molar-refractivity contribution is 6.99. The average Bonchev–Trinajstić information content (AvgIpc) is 2.63. The van der Waals surface area contributed by atoms with Crippen molar-refractivity contribution in [3.05, 3.63) is 46.7 Å². The molecule has 0 saturated carbocycles. The predicted molar refractivity (Wildman–Crippen MR) is 57.3 cm³/mol. The number of aromatic nitrogens is 2. The van der Waals surface area contributed by atoms with Gasteiger partial charge in [0, 0.05) is 5.56 Å². The minimum absolute atomic E-state index is 0.374. The van der Waals surface area contributed by atoms with E-state index in [1.807, 2.05) is 30.3 Å². The van der Waals surface area contributed by atoms with E-state index in [1.54, 1.807) is 0 Å². The van der Waals surface area contributed by atoms with Crippen molar-refractivity contribution in [2.24, 2.45) is 0 Å². The summed E-state index contributed by atoms with van der Waals surface area (Å²) in [7, 11) is 0. The van der Waals surface area contributed by atoms with Crippen molar-refractivity contribution in [1.82, 2.24) is 8.75 Å². The molecule has 0 bridgehead atoms. The van der Waals surface area contributed by atoms with Crippen LogP contribution in [0, 0.1) is 11.8 Å². The van der Waals surface area contributed by atoms with Crippen LogP contribution >= 0.6 is 23.3 Å². The van der Waals surface area contributed by atoms with Gasteiger partial charge in [-0.05, 0) is 18.1 Å². The van der Waals surface area contributed by atoms with Gasteiger partial charge >= 0.3 is 0 Å². The molecular weight excluding hydrogens is 216 g/mol. The van der Waals surface area contributed by atoms with Gasteiger partial charge in [-0.2, -0.15) is 8.75 Å². The molecule has 4 heteroatoms. The van der Waals surface area contributed by atoms with Gasteiger partial charge in [-0.1, -0.05) is 35.7 Å². The number of nitrogens with zero attached hydrogens (tertiary/aromatic N) is 2. The van der Waals surface area contributed by atoms with Crippen LogP contribution in [0.25, 0.3) is 0 Å². The van der Waals surface area contributed by atoms with Gasteiger partial charge < -0.3 is 0 Å². The first kappa shape index (κ1) is 9.20. The van der Waals surface area contributed by atoms with E-state index in [9.17, 15) is 0 Å². The second kappa shape index (κ2) is 4.23. The number of hydrogen-bond donors (Lipinski definition) is 0. The predicted octanol–water partition coefficient (Wildman–Crippen LogP) is 2.59. The summed E-state index contributed by atoms with van der Waals surface area (Å²) in [6, 6.07) is 9.68. The minimum Gasteiger partial charge on any atom is -0.163 e. The first-order chi connectivity index (χ1) is 6.86. The molecule has 0 radical (unpaired) electrons. The van der Waals surface area contributed by atoms with E-state index in [0.29, 0.717) is 10.8 Å². The molecule has 0 aliphatic carbocycles. The number of hydrogen-bond acceptors (Lipinski definition) is 3. The molecule has 0 saturated heterocycles. The SMILES string of the molecule is Clc1nsnc1C#Cc1ccccc1. The number of benzene rings is 1. The van der Waals surface area contributed by atoms with Crippen molar-refractivity contribution in [2.45, 2.75) is 0 Å². The molecular formula is C10H5ClN2S. The Morgan fingerprint density at radius 1 is 1.07 bits per heavy atom. The van der Waals surface area contributed by atoms with Gasteiger partial charge in [-0.25, -0.2) is 0 Å². The van der Waals surface area contributed by atoms with Gasteiger partial charge in [0.15, 0.2) is 10.8 Å². The molecule has 1 aromatic heterocycles. The lowest BCUT2D eigenvalue weighted by Gasteiger charge is -1.85. The molecule has 0 unspecified atom stereocenters. The fourth-order valence-corrected chi connectivity index (χ4v) is 1.55. The molecule has 2 aromatic rings. The highest BCUT2D eigenvalue weighted by Gasteiger charge is 1.99. The van der Waals surface area contributed by atoms with E-state index in [2.05, 4.69) is 20.6 Å². The Bertz CT molecular complexity index is 482. The highest BCUT2D eigenvalue weighted by atomic mass is 35.5. The van der Waals surface area contributed by atoms with Gasteiger partial charge in [0.1, 0.15) is 0 Å². The lowest BCUT2D eigenvalue weighted by atomic mass is 10.2. The molecule has 2 nitrogen and oxygen atoms in total. The highest BCUT2D eigenvalue weighted by Crippen LogP contribution is 2.10. The maximum Gasteiger partial charge on any atom is 0.178 e. The Morgan fingerprint density at radius 3 is 2.50 bits per heavy atom. The summed E-state index contributed by atoms with van der Waals surface area (Å²) >= 11 is 6.81. The second-order valence-electron chi connectivity index (χ2n) is 2.52. The van der Waals surface area contributed by atoms with Crippen LogP contribution in [-0.4, -0.2) is 8.75 Å². The fourth-order valence-electron chi connectivity index (χ4n) is 0.905. The Balaban J connectivity index is 2.28. The molecule has 0 fully saturated rings. The van der Waals surface area contributed by atoms with Crippen LogP contribution in [0.4, 0.5) is 0 Å². The van der Waals surface area contributed by atoms with Gasteiger partial charge in [0.05, 0.1) is 11.7 Å². The third-order valence-electron chi connectivity index (χ3n) is 1.55. The van der Waals surface area contributed by atoms with E-state index < -0.39 is 0 Å². The standard InChI is InChI=1S/C10H5ClN2S/c11-10-9(12-14-13-10)7-6-8-4-2-1-3-5-8/h1-5H. The smallest absolute Gasteiger partial charge is 0.163 e. The molecule has 1 heterocycles. The van der Waals surface area contributed by atoms with Crippen LogP contribution in [-0.2, 0) is 0 Å². The van der Waals surface area contributed by atoms with Crippen LogP contribution in [0.1, 0.15) is 11.3 Å². The first-order valence-corrected chi connectivity index (χ1v) is 5.02. The summed E-state index contributed by atoms with van der Waals surface area (Å²) in [5.41, 5.74) is 1.48. The fraction of sp³-hybridized carbons (Fsp3) is 0. The van der Waals surface area contributed by atoms with Crippen LogP contribution < -0.4 is 0 Å². The molecule has 0 spiro atoms. The normalized spacial score (nSPS) is 9.21. The summed E-state index contributed by atoms with van der Waals surface area (Å²) in [4.78, 5) is 0. The van der Waals surface area contributed by atoms with E-state index in [4.69, 9.17) is 11.6 Å². The number of halogens is 1. The zero-order chi connectivity index (χ0) is 9.80. The van der Waals surface area contributed by atoms with Gasteiger partial charge in [0.2, 0.25) is 0 Å². The van der Waals surface area contributed by atoms with Crippen molar-refractivity contribution >= 4 is 23.3 Å². The van der Waals surface area contributed by atoms with E-state index in [-0.39, 0.29) is 0 Å². The molecule has 0 aliphatic rings. The van der Waals surface area contributed by atoms with Crippen molar-refractivity contribution in [3.63, 3.8) is 0 Å². The summed E-state index contributed by atoms with van der Waals surface area (Å²) < 4.78 is 7.78. The van der Waals surface area contributed by atoms with E-state index in [0.717, 1.165) is 17.3 Å². The average molecular weight is 221 g/mol. The van der Waals surface area contributed by atoms with Crippen LogP contribution in [0.5, 0.6) is 0 Å². The minimum atomic E-state index is 0.374. The Kier molecular flexibility index (Phi) is 2.78. The third-order valence-corrected chi connectivity index (χ3v) is 2.44. The second-order valence-corrected chi connectivity index (χ2v) is 3.41. The topological polar surface area (TPSA) is 25.8 Å². The summed E-state index contributed by atoms with van der Waals surface area (Å²) in [6.07, 6.45) is 0. The molecule has 1 aromatic carbocycles. The molecule has 14 heavy (non-hydrogen) atoms. The van der Waals surface area contributed by atoms with Crippen molar-refractivity contribution in [1.29, 1.82) is 0 Å². The van der Waals surface area contributed by atoms with Gasteiger partial charge in [-0.15, -0.1) is 0 Å². The zero-order valence-electron chi connectivity index (χ0n) is 7.07. The molecule has 68 valence electrons. The Labute approximate surface area is 90.9 Å². The van der Waals surface area contributed by atoms with Gasteiger partial charge in [-0.3, -0.25) is 0 Å². The third kappa shape index (κ3) is 2.11. The monoisotopic (exact) mass is 220 g/mol. The van der Waals surface area contributed by atoms with Crippen molar-refractivity contribution in [2.75, 3.05) is 0 Å². The quantitative estimate of drug-likeness (QED) is 0.638. The summed E-state index contributed by atoms with van der Waals surface area (Å²) in [5, 5.41) is 0.374. The van der Waals surface area contributed by atoms with E-state index >= 15 is 0 Å². The Morgan fingerprint density at radius 2 is 1.86 bits per heavy atom. The van der Waals surface area contributed by atoms with Crippen LogP contribution in [0.2, 0.25) is 5.15 Å². The summed E-state index contributed by atoms with van der Waals surface area (Å²) in [6.45, 7) is 0. The Hall–Kier alpha value is -1.37. The maximum absolute atomic E-state index is 5.74. The summed E-state index contributed by atoms with van der Waals surface area (Å²) in [5.74, 6) is 5.82. The number of rotatable bonds is 0. The zero-order valence-corrected chi connectivity index (χ0v) is 8.64. The lowest BCUT2D eigenvalue weighted by molar-refractivity contribution is 1.46. The van der Waals surface area contributed by atoms with Crippen LogP contribution in [0.15, 0.2) is 30.3 Å². The largest absolute Gasteiger partial charge is 0.178 e. The van der Waals surface area contributed by atoms with Crippen molar-refractivity contribution < 1.29 is 0 Å². The van der Waals surface area contributed by atoms with Crippen molar-refractivity contribution in [3.8, 4) is 11.8 Å². The molecule has 0 N–H and O–H groups in total. The molecule has 0 aliphatic heterocycles. The maximum atomic E-state index is 5.74. The van der Waals surface area contributed by atoms with Crippen LogP contribution in [0.3, 0.4) is 0 Å². The van der Waals surface area contributed by atoms with Gasteiger partial charge in [0.25, 0.3) is 0 Å². The molecule has 0 atom stereocenters.